The van der Waals surface area contributed by atoms with Gasteiger partial charge in [0.2, 0.25) is 6.10 Å². The second kappa shape index (κ2) is 6.90. The number of ether oxygens (including phenoxy) is 1. The number of nitrogens with zero attached hydrogens (tertiary/aromatic N) is 3. The second-order valence-corrected chi connectivity index (χ2v) is 5.89. The minimum Gasteiger partial charge on any atom is -0.497 e. The Hall–Kier alpha value is -2.57. The summed E-state index contributed by atoms with van der Waals surface area (Å²) in [6, 6.07) is 5.71. The number of methoxy groups -OCH3 is 1. The van der Waals surface area contributed by atoms with Gasteiger partial charge in [0.15, 0.2) is 0 Å². The number of rotatable bonds is 6. The molecule has 0 radical (unpaired) electrons. The first-order valence-electron chi connectivity index (χ1n) is 8.10. The van der Waals surface area contributed by atoms with E-state index in [1.165, 1.54) is 0 Å². The lowest BCUT2D eigenvalue weighted by Gasteiger charge is -2.19. The van der Waals surface area contributed by atoms with Crippen LogP contribution in [-0.2, 0) is 16.1 Å². The summed E-state index contributed by atoms with van der Waals surface area (Å²) in [5, 5.41) is 3.94. The average molecular weight is 330 g/mol. The van der Waals surface area contributed by atoms with E-state index in [9.17, 15) is 4.79 Å². The number of carbonyl (C=O) groups is 1. The molecule has 2 aromatic rings. The normalized spacial score (nSPS) is 16.8. The van der Waals surface area contributed by atoms with Crippen molar-refractivity contribution in [3.63, 3.8) is 0 Å². The summed E-state index contributed by atoms with van der Waals surface area (Å²) < 4.78 is 5.21. The van der Waals surface area contributed by atoms with Crippen molar-refractivity contribution in [3.05, 3.63) is 24.0 Å². The second-order valence-electron chi connectivity index (χ2n) is 5.89. The molecule has 24 heavy (non-hydrogen) atoms. The van der Waals surface area contributed by atoms with Crippen molar-refractivity contribution in [1.29, 1.82) is 0 Å². The average Bonchev–Trinajstić information content (AvgIpc) is 3.24. The number of carbonyl (C=O) groups excluding carboxylic acids is 1. The lowest BCUT2D eigenvalue weighted by molar-refractivity contribution is -0.140. The van der Waals surface area contributed by atoms with Gasteiger partial charge < -0.3 is 19.5 Å². The molecule has 1 aromatic carbocycles. The fourth-order valence-electron chi connectivity index (χ4n) is 2.68. The van der Waals surface area contributed by atoms with E-state index in [1.807, 2.05) is 25.1 Å². The van der Waals surface area contributed by atoms with Crippen molar-refractivity contribution in [1.82, 2.24) is 14.9 Å². The number of amides is 1. The topological polar surface area (TPSA) is 79.8 Å². The Bertz CT molecular complexity index is 768. The molecule has 0 unspecified atom stereocenters. The zero-order chi connectivity index (χ0) is 17.1. The van der Waals surface area contributed by atoms with Crippen molar-refractivity contribution in [3.8, 4) is 5.75 Å². The summed E-state index contributed by atoms with van der Waals surface area (Å²) in [7, 11) is 3.42. The van der Waals surface area contributed by atoms with E-state index >= 15 is 0 Å². The van der Waals surface area contributed by atoms with Crippen LogP contribution >= 0.6 is 0 Å². The summed E-state index contributed by atoms with van der Waals surface area (Å²) in [6.07, 6.45) is 1.57. The maximum atomic E-state index is 12.4. The zero-order valence-electron chi connectivity index (χ0n) is 14.2. The first-order chi connectivity index (χ1) is 11.6. The molecule has 0 saturated carbocycles. The van der Waals surface area contributed by atoms with E-state index in [0.29, 0.717) is 19.4 Å². The van der Waals surface area contributed by atoms with Gasteiger partial charge in [0.25, 0.3) is 5.91 Å². The van der Waals surface area contributed by atoms with Crippen LogP contribution in [0.2, 0.25) is 0 Å². The number of imidazole rings is 1. The molecule has 0 aliphatic carbocycles. The van der Waals surface area contributed by atoms with Crippen LogP contribution < -0.4 is 4.74 Å². The Morgan fingerprint density at radius 1 is 1.50 bits per heavy atom. The maximum absolute atomic E-state index is 12.4. The van der Waals surface area contributed by atoms with Gasteiger partial charge >= 0.3 is 0 Å². The Morgan fingerprint density at radius 3 is 3.04 bits per heavy atom. The molecule has 7 nitrogen and oxygen atoms in total. The number of hydrogen-bond acceptors (Lipinski definition) is 5. The number of fused-ring (bicyclic) bond motifs is 1. The van der Waals surface area contributed by atoms with Gasteiger partial charge in [-0.3, -0.25) is 4.79 Å². The number of oxime groups is 1. The molecule has 1 aliphatic rings. The smallest absolute Gasteiger partial charge is 0.266 e. The largest absolute Gasteiger partial charge is 0.497 e. The maximum Gasteiger partial charge on any atom is 0.266 e. The molecule has 1 amide bonds. The fourth-order valence-corrected chi connectivity index (χ4v) is 2.68. The van der Waals surface area contributed by atoms with Gasteiger partial charge in [0.05, 0.1) is 23.9 Å². The monoisotopic (exact) mass is 330 g/mol. The summed E-state index contributed by atoms with van der Waals surface area (Å²) in [4.78, 5) is 27.1. The van der Waals surface area contributed by atoms with Gasteiger partial charge in [0, 0.05) is 32.5 Å². The minimum absolute atomic E-state index is 0.0417. The predicted molar refractivity (Wildman–Crippen MR) is 91.2 cm³/mol. The van der Waals surface area contributed by atoms with Gasteiger partial charge in [0.1, 0.15) is 11.6 Å². The summed E-state index contributed by atoms with van der Waals surface area (Å²) in [5.74, 6) is 1.59. The number of likely N-dealkylation sites (N-methyl/N-ethyl adjacent to an activating group) is 1. The SMILES string of the molecule is CCC1=NO[C@@H](C(=O)N(C)CCc2nc3ccc(OC)cc3[nH]2)C1. The number of aromatic nitrogens is 2. The summed E-state index contributed by atoms with van der Waals surface area (Å²) in [6.45, 7) is 2.58. The van der Waals surface area contributed by atoms with Crippen LogP contribution in [0.1, 0.15) is 25.6 Å². The van der Waals surface area contributed by atoms with Gasteiger partial charge in [-0.25, -0.2) is 4.98 Å². The third kappa shape index (κ3) is 3.34. The molecular formula is C17H22N4O3. The first kappa shape index (κ1) is 16.3. The highest BCUT2D eigenvalue weighted by atomic mass is 16.6. The number of hydrogen-bond donors (Lipinski definition) is 1. The number of aromatic amines is 1. The third-order valence-corrected chi connectivity index (χ3v) is 4.21. The van der Waals surface area contributed by atoms with Gasteiger partial charge in [-0.15, -0.1) is 0 Å². The van der Waals surface area contributed by atoms with Crippen molar-refractivity contribution >= 4 is 22.7 Å². The van der Waals surface area contributed by atoms with Gasteiger partial charge in [-0.05, 0) is 18.6 Å². The molecule has 0 spiro atoms. The van der Waals surface area contributed by atoms with Crippen LogP contribution in [-0.4, -0.2) is 53.3 Å². The van der Waals surface area contributed by atoms with E-state index < -0.39 is 6.10 Å². The Kier molecular flexibility index (Phi) is 4.69. The molecule has 7 heteroatoms. The molecule has 0 bridgehead atoms. The number of nitrogens with one attached hydrogen (secondary N) is 1. The van der Waals surface area contributed by atoms with E-state index in [2.05, 4.69) is 15.1 Å². The fraction of sp³-hybridized carbons (Fsp3) is 0.471. The lowest BCUT2D eigenvalue weighted by Crippen LogP contribution is -2.37. The molecule has 1 aromatic heterocycles. The highest BCUT2D eigenvalue weighted by Crippen LogP contribution is 2.19. The molecular weight excluding hydrogens is 308 g/mol. The standard InChI is InChI=1S/C17H22N4O3/c1-4-11-9-15(24-20-11)17(22)21(2)8-7-16-18-13-6-5-12(23-3)10-14(13)19-16/h5-6,10,15H,4,7-9H2,1-3H3,(H,18,19)/t15-/m1/s1. The van der Waals surface area contributed by atoms with E-state index in [1.54, 1.807) is 19.1 Å². The molecule has 1 atom stereocenters. The highest BCUT2D eigenvalue weighted by Gasteiger charge is 2.29. The molecule has 1 N–H and O–H groups in total. The molecule has 3 rings (SSSR count). The lowest BCUT2D eigenvalue weighted by atomic mass is 10.1. The summed E-state index contributed by atoms with van der Waals surface area (Å²) in [5.41, 5.74) is 2.76. The molecule has 0 saturated heterocycles. The van der Waals surface area contributed by atoms with Crippen LogP contribution in [0.25, 0.3) is 11.0 Å². The number of benzene rings is 1. The Balaban J connectivity index is 1.58. The van der Waals surface area contributed by atoms with Crippen LogP contribution in [0.15, 0.2) is 23.4 Å². The Morgan fingerprint density at radius 2 is 2.33 bits per heavy atom. The van der Waals surface area contributed by atoms with Crippen molar-refractivity contribution in [2.75, 3.05) is 20.7 Å². The molecule has 128 valence electrons. The molecule has 2 heterocycles. The molecule has 1 aliphatic heterocycles. The van der Waals surface area contributed by atoms with Crippen LogP contribution in [0.4, 0.5) is 0 Å². The third-order valence-electron chi connectivity index (χ3n) is 4.21. The van der Waals surface area contributed by atoms with Crippen molar-refractivity contribution in [2.24, 2.45) is 5.16 Å². The van der Waals surface area contributed by atoms with E-state index in [-0.39, 0.29) is 5.91 Å². The Labute approximate surface area is 140 Å². The van der Waals surface area contributed by atoms with E-state index in [4.69, 9.17) is 9.57 Å². The highest BCUT2D eigenvalue weighted by molar-refractivity contribution is 5.92. The van der Waals surface area contributed by atoms with Crippen molar-refractivity contribution < 1.29 is 14.4 Å². The quantitative estimate of drug-likeness (QED) is 0.880. The van der Waals surface area contributed by atoms with Gasteiger partial charge in [-0.1, -0.05) is 12.1 Å². The summed E-state index contributed by atoms with van der Waals surface area (Å²) >= 11 is 0. The van der Waals surface area contributed by atoms with Gasteiger partial charge in [-0.2, -0.15) is 0 Å². The van der Waals surface area contributed by atoms with Crippen LogP contribution in [0, 0.1) is 0 Å². The molecule has 0 fully saturated rings. The van der Waals surface area contributed by atoms with Crippen LogP contribution in [0.3, 0.4) is 0 Å². The van der Waals surface area contributed by atoms with Crippen LogP contribution in [0.5, 0.6) is 5.75 Å². The predicted octanol–water partition coefficient (Wildman–Crippen LogP) is 2.13. The minimum atomic E-state index is -0.482. The zero-order valence-corrected chi connectivity index (χ0v) is 14.2. The van der Waals surface area contributed by atoms with E-state index in [0.717, 1.165) is 34.7 Å². The van der Waals surface area contributed by atoms with Crippen molar-refractivity contribution in [2.45, 2.75) is 32.3 Å². The first-order valence-corrected chi connectivity index (χ1v) is 8.10. The number of H-pyrrole nitrogens is 1.